The molecule has 1 aliphatic heterocycles. The molecule has 1 heterocycles. The fourth-order valence-electron chi connectivity index (χ4n) is 6.28. The smallest absolute Gasteiger partial charge is 0.123 e. The van der Waals surface area contributed by atoms with E-state index in [1.165, 1.54) is 19.3 Å². The molecule has 1 saturated heterocycles. The van der Waals surface area contributed by atoms with Crippen LogP contribution in [0.3, 0.4) is 0 Å². The van der Waals surface area contributed by atoms with Gasteiger partial charge in [0.05, 0.1) is 13.2 Å². The molecule has 5 aliphatic rings. The van der Waals surface area contributed by atoms with Crippen LogP contribution in [0.4, 0.5) is 0 Å². The van der Waals surface area contributed by atoms with Gasteiger partial charge in [0.25, 0.3) is 0 Å². The number of epoxide rings is 1. The molecule has 124 valence electrons. The number of allylic oxidation sites excluding steroid dienone is 2. The van der Waals surface area contributed by atoms with Crippen molar-refractivity contribution in [1.82, 2.24) is 0 Å². The standard InChI is InChI=1S/C21H28O2/c1-21(2,23-12-17-11-22-17)7-3-4-13-8-16-10-18(13)20-15-6-5-14(9-15)19(16)20/h5-6,13-20H,4,8-12H2,1-2H3/t13-,14-,15-,16+,17-,18-,19+,20+/m0/s1. The Labute approximate surface area is 140 Å². The minimum absolute atomic E-state index is 0.324. The molecule has 0 aromatic carbocycles. The van der Waals surface area contributed by atoms with Gasteiger partial charge in [-0.1, -0.05) is 24.0 Å². The summed E-state index contributed by atoms with van der Waals surface area (Å²) >= 11 is 0. The molecule has 0 spiro atoms. The van der Waals surface area contributed by atoms with E-state index in [-0.39, 0.29) is 5.60 Å². The van der Waals surface area contributed by atoms with Crippen molar-refractivity contribution in [2.24, 2.45) is 41.4 Å². The Morgan fingerprint density at radius 2 is 1.91 bits per heavy atom. The highest BCUT2D eigenvalue weighted by Gasteiger charge is 2.60. The molecule has 2 heteroatoms. The predicted octanol–water partition coefficient (Wildman–Crippen LogP) is 3.67. The number of fused-ring (bicyclic) bond motifs is 9. The molecule has 8 atom stereocenters. The lowest BCUT2D eigenvalue weighted by Gasteiger charge is -2.36. The van der Waals surface area contributed by atoms with Crippen LogP contribution < -0.4 is 0 Å². The molecule has 0 amide bonds. The molecule has 0 aromatic heterocycles. The van der Waals surface area contributed by atoms with E-state index in [2.05, 4.69) is 37.8 Å². The molecule has 4 bridgehead atoms. The summed E-state index contributed by atoms with van der Waals surface area (Å²) in [6.07, 6.45) is 10.9. The number of hydrogen-bond acceptors (Lipinski definition) is 2. The summed E-state index contributed by atoms with van der Waals surface area (Å²) in [5.74, 6) is 13.6. The van der Waals surface area contributed by atoms with Gasteiger partial charge in [0.2, 0.25) is 0 Å². The Hall–Kier alpha value is -0.780. The topological polar surface area (TPSA) is 21.8 Å². The first-order valence-electron chi connectivity index (χ1n) is 9.54. The van der Waals surface area contributed by atoms with E-state index < -0.39 is 0 Å². The van der Waals surface area contributed by atoms with E-state index in [4.69, 9.17) is 9.47 Å². The summed E-state index contributed by atoms with van der Waals surface area (Å²) < 4.78 is 11.1. The summed E-state index contributed by atoms with van der Waals surface area (Å²) in [5, 5.41) is 0. The molecule has 0 radical (unpaired) electrons. The minimum Gasteiger partial charge on any atom is -0.371 e. The lowest BCUT2D eigenvalue weighted by molar-refractivity contribution is 0.0177. The zero-order chi connectivity index (χ0) is 15.6. The first-order valence-corrected chi connectivity index (χ1v) is 9.54. The summed E-state index contributed by atoms with van der Waals surface area (Å²) in [4.78, 5) is 0. The van der Waals surface area contributed by atoms with Crippen LogP contribution in [0.1, 0.15) is 39.5 Å². The van der Waals surface area contributed by atoms with Crippen LogP contribution >= 0.6 is 0 Å². The van der Waals surface area contributed by atoms with E-state index in [0.29, 0.717) is 12.7 Å². The zero-order valence-corrected chi connectivity index (χ0v) is 14.3. The van der Waals surface area contributed by atoms with Crippen LogP contribution in [-0.4, -0.2) is 24.9 Å². The second kappa shape index (κ2) is 5.11. The van der Waals surface area contributed by atoms with Crippen LogP contribution in [0.15, 0.2) is 12.2 Å². The van der Waals surface area contributed by atoms with Gasteiger partial charge in [-0.25, -0.2) is 0 Å². The highest BCUT2D eigenvalue weighted by Crippen LogP contribution is 2.67. The Morgan fingerprint density at radius 3 is 2.70 bits per heavy atom. The molecule has 2 nitrogen and oxygen atoms in total. The molecular weight excluding hydrogens is 284 g/mol. The first-order chi connectivity index (χ1) is 11.1. The third-order valence-electron chi connectivity index (χ3n) is 7.19. The average Bonchev–Trinajstić information content (AvgIpc) is 2.92. The summed E-state index contributed by atoms with van der Waals surface area (Å²) in [7, 11) is 0. The van der Waals surface area contributed by atoms with Crippen LogP contribution in [0.5, 0.6) is 0 Å². The molecule has 0 N–H and O–H groups in total. The van der Waals surface area contributed by atoms with Crippen LogP contribution in [0.25, 0.3) is 0 Å². The Kier molecular flexibility index (Phi) is 3.23. The van der Waals surface area contributed by atoms with Gasteiger partial charge in [-0.2, -0.15) is 0 Å². The normalized spacial score (nSPS) is 48.4. The maximum atomic E-state index is 5.88. The third kappa shape index (κ3) is 2.48. The van der Waals surface area contributed by atoms with E-state index >= 15 is 0 Å². The highest BCUT2D eigenvalue weighted by molar-refractivity contribution is 5.21. The van der Waals surface area contributed by atoms with Crippen molar-refractivity contribution in [1.29, 1.82) is 0 Å². The molecule has 3 saturated carbocycles. The van der Waals surface area contributed by atoms with Crippen molar-refractivity contribution < 1.29 is 9.47 Å². The first kappa shape index (κ1) is 14.6. The van der Waals surface area contributed by atoms with Gasteiger partial charge in [0.15, 0.2) is 0 Å². The van der Waals surface area contributed by atoms with Crippen molar-refractivity contribution in [2.75, 3.05) is 13.2 Å². The number of hydrogen-bond donors (Lipinski definition) is 0. The van der Waals surface area contributed by atoms with Crippen molar-refractivity contribution in [3.63, 3.8) is 0 Å². The van der Waals surface area contributed by atoms with Gasteiger partial charge in [-0.05, 0) is 74.5 Å². The van der Waals surface area contributed by atoms with Crippen LogP contribution in [-0.2, 0) is 9.47 Å². The number of ether oxygens (including phenoxy) is 2. The van der Waals surface area contributed by atoms with Gasteiger partial charge in [-0.15, -0.1) is 0 Å². The molecule has 4 aliphatic carbocycles. The fourth-order valence-corrected chi connectivity index (χ4v) is 6.28. The van der Waals surface area contributed by atoms with Crippen molar-refractivity contribution in [2.45, 2.75) is 51.2 Å². The fraction of sp³-hybridized carbons (Fsp3) is 0.810. The van der Waals surface area contributed by atoms with E-state index in [1.54, 1.807) is 0 Å². The SMILES string of the molecule is CC(C)(C#CC[C@H]1C[C@@H]2C[C@@H]1[C@@H]1[C@@H]2[C@H]2C=C[C@H]1C2)OC[C@@H]1CO1. The highest BCUT2D eigenvalue weighted by atomic mass is 16.6. The zero-order valence-electron chi connectivity index (χ0n) is 14.3. The number of rotatable bonds is 4. The van der Waals surface area contributed by atoms with Gasteiger partial charge < -0.3 is 9.47 Å². The van der Waals surface area contributed by atoms with Gasteiger partial charge in [0.1, 0.15) is 11.7 Å². The van der Waals surface area contributed by atoms with E-state index in [9.17, 15) is 0 Å². The average molecular weight is 312 g/mol. The van der Waals surface area contributed by atoms with Crippen molar-refractivity contribution in [3.8, 4) is 11.8 Å². The second-order valence-corrected chi connectivity index (χ2v) is 9.04. The quantitative estimate of drug-likeness (QED) is 0.342. The van der Waals surface area contributed by atoms with Gasteiger partial charge >= 0.3 is 0 Å². The van der Waals surface area contributed by atoms with E-state index in [0.717, 1.165) is 54.5 Å². The maximum Gasteiger partial charge on any atom is 0.123 e. The van der Waals surface area contributed by atoms with E-state index in [1.807, 2.05) is 0 Å². The molecule has 5 rings (SSSR count). The predicted molar refractivity (Wildman–Crippen MR) is 89.6 cm³/mol. The van der Waals surface area contributed by atoms with Crippen LogP contribution in [0, 0.1) is 53.3 Å². The second-order valence-electron chi connectivity index (χ2n) is 9.04. The molecular formula is C21H28O2. The van der Waals surface area contributed by atoms with Crippen LogP contribution in [0.2, 0.25) is 0 Å². The molecule has 0 unspecified atom stereocenters. The van der Waals surface area contributed by atoms with Crippen molar-refractivity contribution >= 4 is 0 Å². The Balaban J connectivity index is 1.20. The maximum absolute atomic E-state index is 5.88. The summed E-state index contributed by atoms with van der Waals surface area (Å²) in [5.41, 5.74) is -0.332. The van der Waals surface area contributed by atoms with Gasteiger partial charge in [0, 0.05) is 6.42 Å². The molecule has 23 heavy (non-hydrogen) atoms. The Bertz CT molecular complexity index is 576. The summed E-state index contributed by atoms with van der Waals surface area (Å²) in [6.45, 7) is 5.71. The molecule has 4 fully saturated rings. The molecule has 0 aromatic rings. The lowest BCUT2D eigenvalue weighted by atomic mass is 9.69. The third-order valence-corrected chi connectivity index (χ3v) is 7.19. The lowest BCUT2D eigenvalue weighted by Crippen LogP contribution is -2.31. The van der Waals surface area contributed by atoms with Gasteiger partial charge in [-0.3, -0.25) is 0 Å². The monoisotopic (exact) mass is 312 g/mol. The minimum atomic E-state index is -0.332. The summed E-state index contributed by atoms with van der Waals surface area (Å²) in [6, 6.07) is 0. The largest absolute Gasteiger partial charge is 0.371 e. The van der Waals surface area contributed by atoms with Crippen molar-refractivity contribution in [3.05, 3.63) is 12.2 Å². The Morgan fingerprint density at radius 1 is 1.13 bits per heavy atom.